The van der Waals surface area contributed by atoms with Gasteiger partial charge in [-0.25, -0.2) is 0 Å². The van der Waals surface area contributed by atoms with Crippen LogP contribution in [0.2, 0.25) is 0 Å². The molecule has 0 unspecified atom stereocenters. The molecule has 3 aromatic rings. The van der Waals surface area contributed by atoms with Crippen LogP contribution in [0.1, 0.15) is 11.1 Å². The summed E-state index contributed by atoms with van der Waals surface area (Å²) in [6.07, 6.45) is 1.90. The summed E-state index contributed by atoms with van der Waals surface area (Å²) in [7, 11) is 0. The van der Waals surface area contributed by atoms with E-state index in [1.54, 1.807) is 18.2 Å². The number of benzene rings is 2. The number of non-ortho nitro benzene ring substituents is 1. The summed E-state index contributed by atoms with van der Waals surface area (Å²) in [5, 5.41) is 20.5. The zero-order chi connectivity index (χ0) is 14.8. The van der Waals surface area contributed by atoms with E-state index >= 15 is 0 Å². The molecule has 0 aliphatic carbocycles. The number of nitriles is 1. The molecule has 2 aromatic carbocycles. The molecule has 0 atom stereocenters. The third-order valence-electron chi connectivity index (χ3n) is 3.37. The van der Waals surface area contributed by atoms with Gasteiger partial charge in [0.2, 0.25) is 0 Å². The van der Waals surface area contributed by atoms with E-state index in [-0.39, 0.29) is 5.69 Å². The summed E-state index contributed by atoms with van der Waals surface area (Å²) < 4.78 is 2.01. The Hall–Kier alpha value is -3.13. The highest BCUT2D eigenvalue weighted by Gasteiger charge is 2.09. The average Bonchev–Trinajstić information content (AvgIpc) is 2.90. The van der Waals surface area contributed by atoms with Crippen molar-refractivity contribution in [1.29, 1.82) is 5.26 Å². The Balaban J connectivity index is 1.98. The number of aromatic nitrogens is 1. The lowest BCUT2D eigenvalue weighted by Crippen LogP contribution is -1.98. The van der Waals surface area contributed by atoms with Gasteiger partial charge in [-0.05, 0) is 29.8 Å². The van der Waals surface area contributed by atoms with Gasteiger partial charge in [-0.15, -0.1) is 0 Å². The summed E-state index contributed by atoms with van der Waals surface area (Å²) in [4.78, 5) is 10.4. The predicted molar refractivity (Wildman–Crippen MR) is 78.9 cm³/mol. The van der Waals surface area contributed by atoms with Crippen molar-refractivity contribution in [3.8, 4) is 6.07 Å². The van der Waals surface area contributed by atoms with Crippen molar-refractivity contribution in [2.24, 2.45) is 0 Å². The van der Waals surface area contributed by atoms with Gasteiger partial charge >= 0.3 is 0 Å². The van der Waals surface area contributed by atoms with Crippen LogP contribution in [-0.4, -0.2) is 9.49 Å². The highest BCUT2D eigenvalue weighted by Crippen LogP contribution is 2.22. The molecule has 102 valence electrons. The molecule has 0 spiro atoms. The van der Waals surface area contributed by atoms with Gasteiger partial charge in [0, 0.05) is 35.8 Å². The molecule has 3 rings (SSSR count). The molecule has 5 heteroatoms. The lowest BCUT2D eigenvalue weighted by Gasteiger charge is -2.06. The van der Waals surface area contributed by atoms with Crippen molar-refractivity contribution < 1.29 is 4.92 Å². The molecule has 0 radical (unpaired) electrons. The van der Waals surface area contributed by atoms with E-state index < -0.39 is 4.92 Å². The second kappa shape index (κ2) is 5.10. The van der Waals surface area contributed by atoms with Crippen molar-refractivity contribution in [3.05, 3.63) is 76.0 Å². The number of fused-ring (bicyclic) bond motifs is 1. The molecule has 21 heavy (non-hydrogen) atoms. The van der Waals surface area contributed by atoms with E-state index in [2.05, 4.69) is 6.07 Å². The minimum Gasteiger partial charge on any atom is -0.343 e. The van der Waals surface area contributed by atoms with E-state index in [1.807, 2.05) is 35.0 Å². The fourth-order valence-corrected chi connectivity index (χ4v) is 2.37. The van der Waals surface area contributed by atoms with Crippen molar-refractivity contribution in [2.75, 3.05) is 0 Å². The average molecular weight is 277 g/mol. The molecule has 0 saturated carbocycles. The van der Waals surface area contributed by atoms with E-state index in [9.17, 15) is 10.1 Å². The second-order valence-electron chi connectivity index (χ2n) is 4.76. The Morgan fingerprint density at radius 1 is 1.19 bits per heavy atom. The van der Waals surface area contributed by atoms with Gasteiger partial charge in [0.25, 0.3) is 5.69 Å². The normalized spacial score (nSPS) is 10.4. The predicted octanol–water partition coefficient (Wildman–Crippen LogP) is 3.47. The standard InChI is InChI=1S/C16H11N3O2/c17-10-12-2-1-3-13(8-12)11-18-7-6-14-9-15(19(20)21)4-5-16(14)18/h1-9H,11H2. The zero-order valence-electron chi connectivity index (χ0n) is 11.1. The Labute approximate surface area is 120 Å². The van der Waals surface area contributed by atoms with Crippen molar-refractivity contribution >= 4 is 16.6 Å². The number of rotatable bonds is 3. The maximum absolute atomic E-state index is 10.8. The van der Waals surface area contributed by atoms with E-state index in [4.69, 9.17) is 5.26 Å². The number of nitro groups is 1. The minimum absolute atomic E-state index is 0.0896. The Kier molecular flexibility index (Phi) is 3.13. The molecule has 0 N–H and O–H groups in total. The highest BCUT2D eigenvalue weighted by atomic mass is 16.6. The quantitative estimate of drug-likeness (QED) is 0.543. The SMILES string of the molecule is N#Cc1cccc(Cn2ccc3cc([N+](=O)[O-])ccc32)c1. The summed E-state index contributed by atoms with van der Waals surface area (Å²) in [5.41, 5.74) is 2.67. The molecule has 0 fully saturated rings. The lowest BCUT2D eigenvalue weighted by molar-refractivity contribution is -0.384. The van der Waals surface area contributed by atoms with Gasteiger partial charge in [-0.1, -0.05) is 12.1 Å². The molecule has 0 aliphatic rings. The number of nitro benzene ring substituents is 1. The largest absolute Gasteiger partial charge is 0.343 e. The molecule has 0 amide bonds. The van der Waals surface area contributed by atoms with Crippen LogP contribution in [0.25, 0.3) is 10.9 Å². The first-order chi connectivity index (χ1) is 10.2. The minimum atomic E-state index is -0.396. The van der Waals surface area contributed by atoms with Gasteiger partial charge in [-0.3, -0.25) is 10.1 Å². The summed E-state index contributed by atoms with van der Waals surface area (Å²) in [6, 6.07) is 16.2. The van der Waals surface area contributed by atoms with Crippen LogP contribution in [0.4, 0.5) is 5.69 Å². The van der Waals surface area contributed by atoms with Crippen molar-refractivity contribution in [2.45, 2.75) is 6.54 Å². The molecular formula is C16H11N3O2. The first-order valence-corrected chi connectivity index (χ1v) is 6.40. The topological polar surface area (TPSA) is 71.9 Å². The van der Waals surface area contributed by atoms with Crippen molar-refractivity contribution in [3.63, 3.8) is 0 Å². The van der Waals surface area contributed by atoms with Crippen LogP contribution in [0.3, 0.4) is 0 Å². The van der Waals surface area contributed by atoms with Crippen LogP contribution < -0.4 is 0 Å². The molecule has 5 nitrogen and oxygen atoms in total. The summed E-state index contributed by atoms with van der Waals surface area (Å²) >= 11 is 0. The third kappa shape index (κ3) is 2.47. The van der Waals surface area contributed by atoms with E-state index in [1.165, 1.54) is 6.07 Å². The third-order valence-corrected chi connectivity index (χ3v) is 3.37. The van der Waals surface area contributed by atoms with Crippen LogP contribution >= 0.6 is 0 Å². The first-order valence-electron chi connectivity index (χ1n) is 6.40. The van der Waals surface area contributed by atoms with Gasteiger partial charge in [0.1, 0.15) is 0 Å². The molecular weight excluding hydrogens is 266 g/mol. The van der Waals surface area contributed by atoms with Gasteiger partial charge in [0.15, 0.2) is 0 Å². The Morgan fingerprint density at radius 2 is 2.05 bits per heavy atom. The fourth-order valence-electron chi connectivity index (χ4n) is 2.37. The summed E-state index contributed by atoms with van der Waals surface area (Å²) in [5.74, 6) is 0. The highest BCUT2D eigenvalue weighted by molar-refractivity contribution is 5.82. The monoisotopic (exact) mass is 277 g/mol. The van der Waals surface area contributed by atoms with E-state index in [0.29, 0.717) is 12.1 Å². The smallest absolute Gasteiger partial charge is 0.270 e. The summed E-state index contributed by atoms with van der Waals surface area (Å²) in [6.45, 7) is 0.622. The fraction of sp³-hybridized carbons (Fsp3) is 0.0625. The van der Waals surface area contributed by atoms with Gasteiger partial charge in [0.05, 0.1) is 16.6 Å². The van der Waals surface area contributed by atoms with Crippen molar-refractivity contribution in [1.82, 2.24) is 4.57 Å². The van der Waals surface area contributed by atoms with Crippen LogP contribution in [0.5, 0.6) is 0 Å². The van der Waals surface area contributed by atoms with Crippen LogP contribution in [0.15, 0.2) is 54.7 Å². The Morgan fingerprint density at radius 3 is 2.81 bits per heavy atom. The lowest BCUT2D eigenvalue weighted by atomic mass is 10.1. The zero-order valence-corrected chi connectivity index (χ0v) is 11.1. The molecule has 1 heterocycles. The number of hydrogen-bond acceptors (Lipinski definition) is 3. The molecule has 0 aliphatic heterocycles. The van der Waals surface area contributed by atoms with E-state index in [0.717, 1.165) is 16.5 Å². The Bertz CT molecular complexity index is 875. The maximum Gasteiger partial charge on any atom is 0.270 e. The second-order valence-corrected chi connectivity index (χ2v) is 4.76. The first kappa shape index (κ1) is 12.9. The van der Waals surface area contributed by atoms with Crippen LogP contribution in [0, 0.1) is 21.4 Å². The van der Waals surface area contributed by atoms with Gasteiger partial charge in [-0.2, -0.15) is 5.26 Å². The molecule has 0 saturated heterocycles. The maximum atomic E-state index is 10.8. The number of nitrogens with zero attached hydrogens (tertiary/aromatic N) is 3. The van der Waals surface area contributed by atoms with Gasteiger partial charge < -0.3 is 4.57 Å². The molecule has 0 bridgehead atoms. The number of hydrogen-bond donors (Lipinski definition) is 0. The molecule has 1 aromatic heterocycles. The van der Waals surface area contributed by atoms with Crippen LogP contribution in [-0.2, 0) is 6.54 Å².